The van der Waals surface area contributed by atoms with Crippen molar-refractivity contribution in [3.8, 4) is 0 Å². The van der Waals surface area contributed by atoms with Gasteiger partial charge in [-0.05, 0) is 12.1 Å². The number of pyridine rings is 1. The van der Waals surface area contributed by atoms with E-state index < -0.39 is 36.1 Å². The van der Waals surface area contributed by atoms with Gasteiger partial charge in [-0.3, -0.25) is 4.40 Å². The van der Waals surface area contributed by atoms with Gasteiger partial charge in [0.25, 0.3) is 16.4 Å². The van der Waals surface area contributed by atoms with Gasteiger partial charge >= 0.3 is 0 Å². The molecule has 2 rings (SSSR count). The van der Waals surface area contributed by atoms with Gasteiger partial charge in [0, 0.05) is 12.7 Å². The number of nitrogens with zero attached hydrogens (tertiary/aromatic N) is 3. The van der Waals surface area contributed by atoms with Gasteiger partial charge in [-0.25, -0.2) is 22.2 Å². The molecule has 10 heteroatoms. The Morgan fingerprint density at radius 1 is 1.43 bits per heavy atom. The molecule has 0 aliphatic carbocycles. The van der Waals surface area contributed by atoms with Crippen molar-refractivity contribution in [3.05, 3.63) is 24.4 Å². The number of fused-ring (bicyclic) bond motifs is 1. The molecule has 7 nitrogen and oxygen atoms in total. The van der Waals surface area contributed by atoms with Crippen molar-refractivity contribution in [1.29, 1.82) is 0 Å². The molecule has 0 unspecified atom stereocenters. The topological polar surface area (TPSA) is 101 Å². The van der Waals surface area contributed by atoms with Gasteiger partial charge in [-0.15, -0.1) is 0 Å². The number of sulfonamides is 1. The third kappa shape index (κ3) is 2.96. The average Bonchev–Trinajstić information content (AvgIpc) is 2.74. The summed E-state index contributed by atoms with van der Waals surface area (Å²) in [6.07, 6.45) is -1.45. The quantitative estimate of drug-likeness (QED) is 0.790. The van der Waals surface area contributed by atoms with Crippen LogP contribution in [0.1, 0.15) is 0 Å². The second-order valence-corrected chi connectivity index (χ2v) is 6.06. The van der Waals surface area contributed by atoms with E-state index >= 15 is 0 Å². The zero-order valence-electron chi connectivity index (χ0n) is 10.9. The summed E-state index contributed by atoms with van der Waals surface area (Å²) in [5, 5.41) is 8.51. The van der Waals surface area contributed by atoms with E-state index in [1.807, 2.05) is 0 Å². The van der Waals surface area contributed by atoms with Crippen LogP contribution in [0.15, 0.2) is 29.4 Å². The van der Waals surface area contributed by atoms with Crippen molar-refractivity contribution in [1.82, 2.24) is 13.7 Å². The molecule has 21 heavy (non-hydrogen) atoms. The van der Waals surface area contributed by atoms with Crippen LogP contribution in [0.2, 0.25) is 0 Å². The fourth-order valence-corrected chi connectivity index (χ4v) is 3.53. The Morgan fingerprint density at radius 2 is 2.14 bits per heavy atom. The summed E-state index contributed by atoms with van der Waals surface area (Å²) in [6, 6.07) is 4.75. The number of aliphatic hydroxyl groups excluding tert-OH is 1. The molecule has 0 bridgehead atoms. The van der Waals surface area contributed by atoms with E-state index in [2.05, 4.69) is 4.98 Å². The monoisotopic (exact) mass is 320 g/mol. The summed E-state index contributed by atoms with van der Waals surface area (Å²) < 4.78 is 51.8. The molecule has 2 aromatic heterocycles. The van der Waals surface area contributed by atoms with Crippen molar-refractivity contribution in [2.75, 3.05) is 25.4 Å². The highest BCUT2D eigenvalue weighted by Gasteiger charge is 2.32. The number of rotatable bonds is 6. The maximum absolute atomic E-state index is 12.6. The molecular weight excluding hydrogens is 306 g/mol. The highest BCUT2D eigenvalue weighted by Crippen LogP contribution is 2.24. The fraction of sp³-hybridized carbons (Fsp3) is 0.364. The molecule has 0 aromatic carbocycles. The van der Waals surface area contributed by atoms with Gasteiger partial charge in [-0.1, -0.05) is 6.07 Å². The average molecular weight is 320 g/mol. The lowest BCUT2D eigenvalue weighted by molar-refractivity contribution is 0.113. The molecule has 0 amide bonds. The standard InChI is InChI=1S/C11H14F2N4O3S/c12-8(13)7-16(5-6-18)21(19,20)11-10(14)15-9-3-1-2-4-17(9)11/h1-4,8,18H,5-7,14H2. The zero-order valence-corrected chi connectivity index (χ0v) is 11.7. The Bertz CT molecular complexity index is 732. The van der Waals surface area contributed by atoms with Crippen LogP contribution < -0.4 is 5.73 Å². The van der Waals surface area contributed by atoms with Gasteiger partial charge in [-0.2, -0.15) is 4.31 Å². The van der Waals surface area contributed by atoms with E-state index in [1.165, 1.54) is 10.6 Å². The Hall–Kier alpha value is -1.78. The van der Waals surface area contributed by atoms with E-state index in [9.17, 15) is 17.2 Å². The Balaban J connectivity index is 2.56. The predicted octanol–water partition coefficient (Wildman–Crippen LogP) is 0.165. The lowest BCUT2D eigenvalue weighted by atomic mass is 10.5. The van der Waals surface area contributed by atoms with Gasteiger partial charge < -0.3 is 10.8 Å². The maximum Gasteiger partial charge on any atom is 0.263 e. The first-order valence-corrected chi connectivity index (χ1v) is 7.43. The predicted molar refractivity (Wildman–Crippen MR) is 71.5 cm³/mol. The number of halogens is 2. The Morgan fingerprint density at radius 3 is 2.76 bits per heavy atom. The molecule has 0 saturated carbocycles. The molecule has 3 N–H and O–H groups in total. The van der Waals surface area contributed by atoms with Crippen LogP contribution in [0, 0.1) is 0 Å². The first-order valence-electron chi connectivity index (χ1n) is 5.99. The van der Waals surface area contributed by atoms with Crippen LogP contribution in [0.3, 0.4) is 0 Å². The smallest absolute Gasteiger partial charge is 0.263 e. The summed E-state index contributed by atoms with van der Waals surface area (Å²) in [5.41, 5.74) is 5.90. The minimum Gasteiger partial charge on any atom is -0.395 e. The molecule has 0 aliphatic heterocycles. The Labute approximate surface area is 119 Å². The zero-order chi connectivity index (χ0) is 15.6. The molecular formula is C11H14F2N4O3S. The first kappa shape index (κ1) is 15.6. The lowest BCUT2D eigenvalue weighted by Crippen LogP contribution is -2.38. The van der Waals surface area contributed by atoms with Gasteiger partial charge in [0.15, 0.2) is 10.8 Å². The van der Waals surface area contributed by atoms with E-state index in [1.54, 1.807) is 18.2 Å². The highest BCUT2D eigenvalue weighted by molar-refractivity contribution is 7.89. The highest BCUT2D eigenvalue weighted by atomic mass is 32.2. The van der Waals surface area contributed by atoms with Crippen molar-refractivity contribution in [2.45, 2.75) is 11.5 Å². The van der Waals surface area contributed by atoms with Crippen LogP contribution in [0.25, 0.3) is 5.65 Å². The van der Waals surface area contributed by atoms with Crippen molar-refractivity contribution >= 4 is 21.5 Å². The summed E-state index contributed by atoms with van der Waals surface area (Å²) >= 11 is 0. The molecule has 0 radical (unpaired) electrons. The molecule has 2 aromatic rings. The first-order chi connectivity index (χ1) is 9.87. The van der Waals surface area contributed by atoms with E-state index in [0.29, 0.717) is 4.31 Å². The SMILES string of the molecule is Nc1nc2ccccn2c1S(=O)(=O)N(CCO)CC(F)F. The largest absolute Gasteiger partial charge is 0.395 e. The van der Waals surface area contributed by atoms with Gasteiger partial charge in [0.2, 0.25) is 0 Å². The van der Waals surface area contributed by atoms with Crippen LogP contribution in [-0.4, -0.2) is 53.3 Å². The second kappa shape index (κ2) is 5.92. The minimum atomic E-state index is -4.30. The molecule has 0 aliphatic rings. The van der Waals surface area contributed by atoms with E-state index in [0.717, 1.165) is 0 Å². The van der Waals surface area contributed by atoms with Crippen molar-refractivity contribution in [3.63, 3.8) is 0 Å². The number of aromatic nitrogens is 2. The van der Waals surface area contributed by atoms with E-state index in [-0.39, 0.29) is 16.5 Å². The third-order valence-corrected chi connectivity index (χ3v) is 4.69. The number of nitrogen functional groups attached to an aromatic ring is 1. The molecule has 116 valence electrons. The number of aliphatic hydroxyl groups is 1. The maximum atomic E-state index is 12.6. The Kier molecular flexibility index (Phi) is 4.40. The molecule has 0 spiro atoms. The third-order valence-electron chi connectivity index (χ3n) is 2.79. The summed E-state index contributed by atoms with van der Waals surface area (Å²) in [4.78, 5) is 3.89. The fourth-order valence-electron chi connectivity index (χ4n) is 1.95. The van der Waals surface area contributed by atoms with Gasteiger partial charge in [0.05, 0.1) is 13.2 Å². The molecule has 2 heterocycles. The van der Waals surface area contributed by atoms with Crippen LogP contribution >= 0.6 is 0 Å². The van der Waals surface area contributed by atoms with Crippen molar-refractivity contribution < 1.29 is 22.3 Å². The summed E-state index contributed by atoms with van der Waals surface area (Å²) in [5.74, 6) is -0.279. The second-order valence-electron chi connectivity index (χ2n) is 4.21. The molecule has 0 fully saturated rings. The lowest BCUT2D eigenvalue weighted by Gasteiger charge is -2.20. The van der Waals surface area contributed by atoms with Gasteiger partial charge in [0.1, 0.15) is 5.65 Å². The van der Waals surface area contributed by atoms with E-state index in [4.69, 9.17) is 10.8 Å². The summed E-state index contributed by atoms with van der Waals surface area (Å²) in [6.45, 7) is -2.06. The summed E-state index contributed by atoms with van der Waals surface area (Å²) in [7, 11) is -4.30. The number of imidazole rings is 1. The normalized spacial score (nSPS) is 12.6. The number of anilines is 1. The van der Waals surface area contributed by atoms with Crippen LogP contribution in [0.4, 0.5) is 14.6 Å². The molecule has 0 atom stereocenters. The van der Waals surface area contributed by atoms with Crippen molar-refractivity contribution in [2.24, 2.45) is 0 Å². The number of hydrogen-bond acceptors (Lipinski definition) is 5. The number of nitrogens with two attached hydrogens (primary N) is 1. The minimum absolute atomic E-state index is 0.279. The molecule has 0 saturated heterocycles. The van der Waals surface area contributed by atoms with Crippen LogP contribution in [0.5, 0.6) is 0 Å². The number of hydrogen-bond donors (Lipinski definition) is 2. The number of alkyl halides is 2. The van der Waals surface area contributed by atoms with Crippen LogP contribution in [-0.2, 0) is 10.0 Å².